The van der Waals surface area contributed by atoms with Gasteiger partial charge in [0.25, 0.3) is 0 Å². The summed E-state index contributed by atoms with van der Waals surface area (Å²) in [5, 5.41) is 24.0. The van der Waals surface area contributed by atoms with Gasteiger partial charge in [-0.1, -0.05) is 12.1 Å². The molecule has 1 saturated carbocycles. The molecule has 1 heterocycles. The highest BCUT2D eigenvalue weighted by Gasteiger charge is 2.25. The Morgan fingerprint density at radius 3 is 2.67 bits per heavy atom. The number of hydrogen-bond acceptors (Lipinski definition) is 8. The normalized spacial score (nSPS) is 13.7. The molecule has 1 aromatic heterocycles. The van der Waals surface area contributed by atoms with Crippen LogP contribution in [0.25, 0.3) is 17.0 Å². The topological polar surface area (TPSA) is 130 Å². The molecule has 0 saturated heterocycles. The van der Waals surface area contributed by atoms with Crippen LogP contribution in [-0.2, 0) is 0 Å². The van der Waals surface area contributed by atoms with Crippen LogP contribution in [0.3, 0.4) is 0 Å². The van der Waals surface area contributed by atoms with Crippen LogP contribution < -0.4 is 22.1 Å². The minimum Gasteiger partial charge on any atom is -0.507 e. The molecule has 0 spiro atoms. The van der Waals surface area contributed by atoms with Gasteiger partial charge < -0.3 is 27.0 Å². The first-order valence-corrected chi connectivity index (χ1v) is 10.3. The van der Waals surface area contributed by atoms with E-state index in [2.05, 4.69) is 30.3 Å². The summed E-state index contributed by atoms with van der Waals surface area (Å²) in [5.74, 6) is 0.717. The molecule has 1 aromatic carbocycles. The summed E-state index contributed by atoms with van der Waals surface area (Å²) in [6, 6.07) is 5.69. The molecule has 1 atom stereocenters. The number of nitrogens with two attached hydrogens (primary N) is 2. The van der Waals surface area contributed by atoms with Gasteiger partial charge in [-0.25, -0.2) is 9.97 Å². The maximum Gasteiger partial charge on any atom is 0.224 e. The molecule has 0 amide bonds. The van der Waals surface area contributed by atoms with Crippen LogP contribution in [-0.4, -0.2) is 46.1 Å². The molecule has 27 heavy (non-hydrogen) atoms. The summed E-state index contributed by atoms with van der Waals surface area (Å²) in [6.45, 7) is -0.172. The lowest BCUT2D eigenvalue weighted by molar-refractivity contribution is 0.343. The first-order valence-electron chi connectivity index (χ1n) is 8.50. The van der Waals surface area contributed by atoms with Gasteiger partial charge in [0.15, 0.2) is 0 Å². The summed E-state index contributed by atoms with van der Waals surface area (Å²) < 4.78 is 0. The summed E-state index contributed by atoms with van der Waals surface area (Å²) in [4.78, 5) is 9.26. The van der Waals surface area contributed by atoms with Crippen LogP contribution in [0.15, 0.2) is 29.3 Å². The molecule has 0 radical (unpaired) electrons. The Morgan fingerprint density at radius 1 is 1.37 bits per heavy atom. The Labute approximate surface area is 165 Å². The zero-order valence-corrected chi connectivity index (χ0v) is 17.4. The number of aromatic nitrogens is 2. The molecule has 7 nitrogen and oxygen atoms in total. The third kappa shape index (κ3) is 5.11. The molecular weight excluding hydrogens is 381 g/mol. The van der Waals surface area contributed by atoms with Crippen molar-refractivity contribution in [1.82, 2.24) is 9.97 Å². The second kappa shape index (κ2) is 9.90. The van der Waals surface area contributed by atoms with E-state index in [0.29, 0.717) is 34.2 Å². The monoisotopic (exact) mass is 407 g/mol. The molecule has 146 valence electrons. The number of hydrogen-bond donors (Lipinski definition) is 5. The van der Waals surface area contributed by atoms with Crippen molar-refractivity contribution in [3.05, 3.63) is 29.8 Å². The van der Waals surface area contributed by atoms with Crippen molar-refractivity contribution >= 4 is 38.0 Å². The number of anilines is 1. The maximum absolute atomic E-state index is 10.1. The second-order valence-corrected chi connectivity index (χ2v) is 7.15. The smallest absolute Gasteiger partial charge is 0.224 e. The molecule has 0 aliphatic heterocycles. The zero-order chi connectivity index (χ0) is 20.0. The molecule has 7 N–H and O–H groups in total. The van der Waals surface area contributed by atoms with E-state index in [1.807, 2.05) is 12.3 Å². The number of nitrogens with one attached hydrogen (secondary N) is 1. The summed E-state index contributed by atoms with van der Waals surface area (Å²) in [6.07, 6.45) is 5.68. The van der Waals surface area contributed by atoms with E-state index in [0.717, 1.165) is 23.4 Å². The van der Waals surface area contributed by atoms with Crippen molar-refractivity contribution in [3.63, 3.8) is 0 Å². The number of aliphatic hydroxyl groups excluding tert-OH is 1. The Balaban J connectivity index is 0.00000126. The van der Waals surface area contributed by atoms with Gasteiger partial charge in [-0.15, -0.1) is 21.0 Å². The summed E-state index contributed by atoms with van der Waals surface area (Å²) in [7, 11) is 4.05. The average Bonchev–Trinajstić information content (AvgIpc) is 3.49. The highest BCUT2D eigenvalue weighted by atomic mass is 32.2. The van der Waals surface area contributed by atoms with Crippen molar-refractivity contribution in [1.29, 1.82) is 0 Å². The van der Waals surface area contributed by atoms with E-state index >= 15 is 0 Å². The molecule has 9 heteroatoms. The van der Waals surface area contributed by atoms with Gasteiger partial charge >= 0.3 is 0 Å². The lowest BCUT2D eigenvalue weighted by Crippen LogP contribution is -2.13. The second-order valence-electron chi connectivity index (χ2n) is 5.78. The van der Waals surface area contributed by atoms with Crippen LogP contribution in [0.1, 0.15) is 18.4 Å². The lowest BCUT2D eigenvalue weighted by atomic mass is 10.0. The number of phenols is 1. The van der Waals surface area contributed by atoms with Crippen LogP contribution in [0.4, 0.5) is 5.95 Å². The van der Waals surface area contributed by atoms with Gasteiger partial charge in [-0.2, -0.15) is 0 Å². The fourth-order valence-corrected chi connectivity index (χ4v) is 3.40. The minimum absolute atomic E-state index is 0.166. The maximum atomic E-state index is 10.1. The first kappa shape index (κ1) is 21.4. The summed E-state index contributed by atoms with van der Waals surface area (Å²) in [5.41, 5.74) is 13.1. The SMILES string of the molecule is CN.CSc1nc(NC2CC2)nc(-c2cccc(O)c2P)c1/C(N)=C/CO. The highest BCUT2D eigenvalue weighted by molar-refractivity contribution is 7.98. The van der Waals surface area contributed by atoms with Crippen LogP contribution in [0.5, 0.6) is 5.75 Å². The van der Waals surface area contributed by atoms with E-state index in [1.54, 1.807) is 12.1 Å². The first-order chi connectivity index (χ1) is 13.0. The predicted octanol–water partition coefficient (Wildman–Crippen LogP) is 1.51. The summed E-state index contributed by atoms with van der Waals surface area (Å²) >= 11 is 1.47. The van der Waals surface area contributed by atoms with Crippen molar-refractivity contribution in [3.8, 4) is 17.0 Å². The third-order valence-corrected chi connectivity index (χ3v) is 5.21. The Bertz CT molecular complexity index is 828. The number of benzene rings is 1. The van der Waals surface area contributed by atoms with E-state index < -0.39 is 0 Å². The molecule has 2 aromatic rings. The van der Waals surface area contributed by atoms with Crippen molar-refractivity contribution in [2.75, 3.05) is 25.2 Å². The number of nitrogens with zero attached hydrogens (tertiary/aromatic N) is 2. The Morgan fingerprint density at radius 2 is 2.07 bits per heavy atom. The largest absolute Gasteiger partial charge is 0.507 e. The number of phenolic OH excluding ortho intramolecular Hbond substituents is 1. The number of rotatable bonds is 6. The van der Waals surface area contributed by atoms with Gasteiger partial charge in [-0.05, 0) is 38.3 Å². The molecule has 1 aliphatic carbocycles. The molecule has 1 fully saturated rings. The molecule has 3 rings (SSSR count). The number of aromatic hydroxyl groups is 1. The van der Waals surface area contributed by atoms with E-state index in [4.69, 9.17) is 5.73 Å². The molecule has 1 aliphatic rings. The van der Waals surface area contributed by atoms with Gasteiger partial charge in [0.05, 0.1) is 17.9 Å². The third-order valence-electron chi connectivity index (χ3n) is 3.92. The Kier molecular flexibility index (Phi) is 7.86. The standard InChI is InChI=1S/C17H21N4O2PS.CH5N/c1-25-16-13(11(18)7-8-22)14(10-3-2-4-12(23)15(10)24)20-17(21-16)19-9-5-6-9;1-2/h2-4,7,9,22-23H,5-6,8,18,24H2,1H3,(H,19,20,21);2H2,1H3/b11-7-;. The highest BCUT2D eigenvalue weighted by Crippen LogP contribution is 2.35. The molecule has 1 unspecified atom stereocenters. The van der Waals surface area contributed by atoms with Crippen LogP contribution in [0, 0.1) is 0 Å². The quantitative estimate of drug-likeness (QED) is 0.277. The average molecular weight is 407 g/mol. The molecule has 0 bridgehead atoms. The van der Waals surface area contributed by atoms with E-state index in [9.17, 15) is 10.2 Å². The van der Waals surface area contributed by atoms with Crippen LogP contribution in [0.2, 0.25) is 0 Å². The van der Waals surface area contributed by atoms with Crippen LogP contribution >= 0.6 is 21.0 Å². The van der Waals surface area contributed by atoms with Gasteiger partial charge in [0.2, 0.25) is 5.95 Å². The van der Waals surface area contributed by atoms with Gasteiger partial charge in [0.1, 0.15) is 10.8 Å². The zero-order valence-electron chi connectivity index (χ0n) is 15.4. The van der Waals surface area contributed by atoms with Gasteiger partial charge in [-0.3, -0.25) is 0 Å². The number of aliphatic hydroxyl groups is 1. The van der Waals surface area contributed by atoms with Gasteiger partial charge in [0, 0.05) is 22.6 Å². The fourth-order valence-electron chi connectivity index (χ4n) is 2.48. The lowest BCUT2D eigenvalue weighted by Gasteiger charge is -2.17. The van der Waals surface area contributed by atoms with E-state index in [1.165, 1.54) is 24.9 Å². The van der Waals surface area contributed by atoms with Crippen molar-refractivity contribution in [2.45, 2.75) is 23.9 Å². The number of thioether (sulfide) groups is 1. The van der Waals surface area contributed by atoms with Crippen molar-refractivity contribution < 1.29 is 10.2 Å². The molecular formula is C18H26N5O2PS. The predicted molar refractivity (Wildman–Crippen MR) is 116 cm³/mol. The minimum atomic E-state index is -0.172. The Hall–Kier alpha value is -1.86. The fraction of sp³-hybridized carbons (Fsp3) is 0.333. The van der Waals surface area contributed by atoms with Crippen molar-refractivity contribution in [2.24, 2.45) is 11.5 Å². The van der Waals surface area contributed by atoms with E-state index in [-0.39, 0.29) is 12.4 Å².